The number of fused-ring (bicyclic) bond motifs is 1. The fourth-order valence-corrected chi connectivity index (χ4v) is 4.75. The molecular weight excluding hydrogens is 514 g/mol. The number of halogens is 6. The van der Waals surface area contributed by atoms with Gasteiger partial charge in [0, 0.05) is 41.7 Å². The van der Waals surface area contributed by atoms with Crippen molar-refractivity contribution in [3.63, 3.8) is 0 Å². The lowest BCUT2D eigenvalue weighted by atomic mass is 10.0. The molecule has 7 nitrogen and oxygen atoms in total. The van der Waals surface area contributed by atoms with E-state index in [1.165, 1.54) is 12.1 Å². The van der Waals surface area contributed by atoms with Gasteiger partial charge in [0.1, 0.15) is 34.7 Å². The van der Waals surface area contributed by atoms with Gasteiger partial charge in [0.15, 0.2) is 0 Å². The molecule has 0 spiro atoms. The first kappa shape index (κ1) is 25.4. The number of alkyl halides is 3. The molecule has 0 saturated carbocycles. The summed E-state index contributed by atoms with van der Waals surface area (Å²) in [6.07, 6.45) is -5.06. The standard InChI is InChI=1S/C25H20F6N6O/c1-11-33-23(32)20-16(9-35(2)24(20)34-11)14-6-4-13(8-18(14)28)36-10-19(15-5-3-12(26)7-17(15)27)37(25(36)38)22(31)21(29)30/h3-9,19,21-22H,10H2,1-2H3,(H2,32,33,34). The highest BCUT2D eigenvalue weighted by Gasteiger charge is 2.47. The summed E-state index contributed by atoms with van der Waals surface area (Å²) in [6, 6.07) is 3.26. The minimum atomic E-state index is -3.59. The Morgan fingerprint density at radius 1 is 1.00 bits per heavy atom. The predicted molar refractivity (Wildman–Crippen MR) is 128 cm³/mol. The third-order valence-corrected chi connectivity index (χ3v) is 6.45. The van der Waals surface area contributed by atoms with Crippen molar-refractivity contribution in [1.29, 1.82) is 0 Å². The molecule has 3 heterocycles. The molecule has 2 aromatic heterocycles. The van der Waals surface area contributed by atoms with Gasteiger partial charge in [-0.3, -0.25) is 9.80 Å². The van der Waals surface area contributed by atoms with Crippen molar-refractivity contribution >= 4 is 28.6 Å². The van der Waals surface area contributed by atoms with Crippen molar-refractivity contribution < 1.29 is 31.1 Å². The second kappa shape index (κ2) is 9.23. The van der Waals surface area contributed by atoms with E-state index in [2.05, 4.69) is 9.97 Å². The number of rotatable bonds is 5. The van der Waals surface area contributed by atoms with E-state index in [1.807, 2.05) is 0 Å². The molecule has 2 unspecified atom stereocenters. The first-order chi connectivity index (χ1) is 18.0. The van der Waals surface area contributed by atoms with E-state index in [1.54, 1.807) is 24.7 Å². The zero-order valence-corrected chi connectivity index (χ0v) is 20.0. The van der Waals surface area contributed by atoms with Crippen LogP contribution in [-0.4, -0.2) is 44.7 Å². The average Bonchev–Trinajstić information content (AvgIpc) is 3.35. The Morgan fingerprint density at radius 2 is 1.74 bits per heavy atom. The number of anilines is 2. The van der Waals surface area contributed by atoms with Crippen molar-refractivity contribution in [3.05, 3.63) is 71.4 Å². The second-order valence-corrected chi connectivity index (χ2v) is 8.86. The van der Waals surface area contributed by atoms with Gasteiger partial charge in [-0.25, -0.2) is 41.1 Å². The lowest BCUT2D eigenvalue weighted by molar-refractivity contribution is -0.0354. The van der Waals surface area contributed by atoms with Crippen LogP contribution in [0.15, 0.2) is 42.6 Å². The Labute approximate surface area is 212 Å². The zero-order chi connectivity index (χ0) is 27.5. The van der Waals surface area contributed by atoms with Crippen LogP contribution >= 0.6 is 0 Å². The van der Waals surface area contributed by atoms with Crippen LogP contribution in [0.25, 0.3) is 22.2 Å². The molecule has 4 aromatic rings. The Balaban J connectivity index is 1.55. The SMILES string of the molecule is Cc1nc(N)c2c(-c3ccc(N4CC(c5ccc(F)cc5F)N(C(F)C(F)F)C4=O)cc3F)cn(C)c2n1. The van der Waals surface area contributed by atoms with Crippen molar-refractivity contribution in [2.24, 2.45) is 7.05 Å². The number of hydrogen-bond acceptors (Lipinski definition) is 4. The highest BCUT2D eigenvalue weighted by molar-refractivity contribution is 6.01. The molecule has 2 aromatic carbocycles. The third kappa shape index (κ3) is 4.07. The van der Waals surface area contributed by atoms with Crippen LogP contribution in [-0.2, 0) is 7.05 Å². The number of hydrogen-bond donors (Lipinski definition) is 1. The predicted octanol–water partition coefficient (Wildman–Crippen LogP) is 5.49. The second-order valence-electron chi connectivity index (χ2n) is 8.86. The van der Waals surface area contributed by atoms with E-state index in [0.29, 0.717) is 28.5 Å². The number of carbonyl (C=O) groups is 1. The first-order valence-corrected chi connectivity index (χ1v) is 11.3. The number of urea groups is 1. The maximum Gasteiger partial charge on any atom is 0.327 e. The summed E-state index contributed by atoms with van der Waals surface area (Å²) in [6.45, 7) is 1.18. The van der Waals surface area contributed by atoms with Crippen molar-refractivity contribution in [1.82, 2.24) is 19.4 Å². The Morgan fingerprint density at radius 3 is 2.39 bits per heavy atom. The van der Waals surface area contributed by atoms with Gasteiger partial charge in [0.05, 0.1) is 18.0 Å². The Hall–Kier alpha value is -4.29. The van der Waals surface area contributed by atoms with E-state index in [-0.39, 0.29) is 27.5 Å². The fraction of sp³-hybridized carbons (Fsp3) is 0.240. The average molecular weight is 534 g/mol. The summed E-state index contributed by atoms with van der Waals surface area (Å²) in [5.74, 6) is -2.29. The molecule has 1 aliphatic rings. The number of nitrogen functional groups attached to an aromatic ring is 1. The first-order valence-electron chi connectivity index (χ1n) is 11.3. The van der Waals surface area contributed by atoms with Crippen molar-refractivity contribution in [2.75, 3.05) is 17.2 Å². The molecule has 0 bridgehead atoms. The number of amides is 2. The third-order valence-electron chi connectivity index (χ3n) is 6.45. The van der Waals surface area contributed by atoms with Crippen LogP contribution in [0.5, 0.6) is 0 Å². The van der Waals surface area contributed by atoms with Crippen LogP contribution in [0.1, 0.15) is 17.4 Å². The number of nitrogens with zero attached hydrogens (tertiary/aromatic N) is 5. The summed E-state index contributed by atoms with van der Waals surface area (Å²) < 4.78 is 86.1. The Bertz CT molecular complexity index is 1570. The molecule has 1 fully saturated rings. The minimum Gasteiger partial charge on any atom is -0.383 e. The lowest BCUT2D eigenvalue weighted by Gasteiger charge is -2.26. The highest BCUT2D eigenvalue weighted by atomic mass is 19.3. The maximum absolute atomic E-state index is 15.4. The maximum atomic E-state index is 15.4. The van der Waals surface area contributed by atoms with Gasteiger partial charge in [0.25, 0.3) is 6.43 Å². The molecule has 1 aliphatic heterocycles. The number of carbonyl (C=O) groups excluding carboxylic acids is 1. The van der Waals surface area contributed by atoms with Gasteiger partial charge in [-0.15, -0.1) is 0 Å². The summed E-state index contributed by atoms with van der Waals surface area (Å²) >= 11 is 0. The van der Waals surface area contributed by atoms with Gasteiger partial charge < -0.3 is 10.3 Å². The fourth-order valence-electron chi connectivity index (χ4n) is 4.75. The van der Waals surface area contributed by atoms with E-state index in [0.717, 1.165) is 23.1 Å². The number of aromatic nitrogens is 3. The smallest absolute Gasteiger partial charge is 0.327 e. The lowest BCUT2D eigenvalue weighted by Crippen LogP contribution is -2.42. The van der Waals surface area contributed by atoms with Crippen LogP contribution < -0.4 is 10.6 Å². The molecule has 5 rings (SSSR count). The number of nitrogens with two attached hydrogens (primary N) is 1. The van der Waals surface area contributed by atoms with Crippen LogP contribution in [0.3, 0.4) is 0 Å². The zero-order valence-electron chi connectivity index (χ0n) is 20.0. The van der Waals surface area contributed by atoms with Crippen LogP contribution in [0.4, 0.5) is 42.6 Å². The molecule has 2 atom stereocenters. The van der Waals surface area contributed by atoms with Crippen LogP contribution in [0.2, 0.25) is 0 Å². The topological polar surface area (TPSA) is 80.3 Å². The van der Waals surface area contributed by atoms with Gasteiger partial charge in [-0.2, -0.15) is 0 Å². The van der Waals surface area contributed by atoms with Crippen molar-refractivity contribution in [3.8, 4) is 11.1 Å². The Kier molecular flexibility index (Phi) is 6.16. The molecule has 198 valence electrons. The van der Waals surface area contributed by atoms with Crippen molar-refractivity contribution in [2.45, 2.75) is 25.7 Å². The molecule has 0 aliphatic carbocycles. The van der Waals surface area contributed by atoms with Gasteiger partial charge in [-0.05, 0) is 31.2 Å². The van der Waals surface area contributed by atoms with E-state index in [9.17, 15) is 26.7 Å². The normalized spacial score (nSPS) is 16.8. The van der Waals surface area contributed by atoms with E-state index < -0.39 is 48.8 Å². The van der Waals surface area contributed by atoms with Gasteiger partial charge >= 0.3 is 6.03 Å². The van der Waals surface area contributed by atoms with Gasteiger partial charge in [0.2, 0.25) is 6.30 Å². The number of aryl methyl sites for hydroxylation is 2. The summed E-state index contributed by atoms with van der Waals surface area (Å²) in [7, 11) is 1.70. The summed E-state index contributed by atoms with van der Waals surface area (Å²) in [5.41, 5.74) is 6.59. The molecule has 13 heteroatoms. The molecule has 2 amide bonds. The monoisotopic (exact) mass is 534 g/mol. The molecule has 1 saturated heterocycles. The summed E-state index contributed by atoms with van der Waals surface area (Å²) in [4.78, 5) is 22.6. The molecule has 2 N–H and O–H groups in total. The number of benzene rings is 2. The minimum absolute atomic E-state index is 0.0759. The molecule has 0 radical (unpaired) electrons. The van der Waals surface area contributed by atoms with E-state index in [4.69, 9.17) is 5.73 Å². The highest BCUT2D eigenvalue weighted by Crippen LogP contribution is 2.40. The van der Waals surface area contributed by atoms with Crippen LogP contribution in [0, 0.1) is 24.4 Å². The largest absolute Gasteiger partial charge is 0.383 e. The molecule has 38 heavy (non-hydrogen) atoms. The quantitative estimate of drug-likeness (QED) is 0.271. The van der Waals surface area contributed by atoms with E-state index >= 15 is 4.39 Å². The van der Waals surface area contributed by atoms with Gasteiger partial charge in [-0.1, -0.05) is 6.07 Å². The molecular formula is C25H20F6N6O. The summed E-state index contributed by atoms with van der Waals surface area (Å²) in [5, 5.41) is 0.414.